The molecule has 1 rings (SSSR count). The molecule has 15 heavy (non-hydrogen) atoms. The first-order valence-corrected chi connectivity index (χ1v) is 5.74. The summed E-state index contributed by atoms with van der Waals surface area (Å²) >= 11 is 0. The Hall–Kier alpha value is -1.12. The van der Waals surface area contributed by atoms with E-state index in [4.69, 9.17) is 5.73 Å². The molecule has 0 unspecified atom stereocenters. The molecule has 2 N–H and O–H groups in total. The molecule has 0 aliphatic rings. The Morgan fingerprint density at radius 3 is 2.00 bits per heavy atom. The van der Waals surface area contributed by atoms with Crippen LogP contribution in [-0.2, 0) is 0 Å². The van der Waals surface area contributed by atoms with Crippen LogP contribution in [0.4, 0.5) is 5.82 Å². The van der Waals surface area contributed by atoms with Crippen LogP contribution in [0, 0.1) is 6.92 Å². The number of nitrogens with two attached hydrogens (primary N) is 1. The van der Waals surface area contributed by atoms with E-state index in [0.717, 1.165) is 5.69 Å². The smallest absolute Gasteiger partial charge is 0.126 e. The monoisotopic (exact) mass is 209 g/mol. The average Bonchev–Trinajstić information content (AvgIpc) is 2.19. The molecule has 0 aliphatic heterocycles. The summed E-state index contributed by atoms with van der Waals surface area (Å²) in [6.45, 7) is 6.36. The first-order chi connectivity index (χ1) is 7.20. The van der Waals surface area contributed by atoms with Gasteiger partial charge in [0, 0.05) is 11.8 Å². The molecule has 0 saturated carbocycles. The predicted octanol–water partition coefficient (Wildman–Crippen LogP) is 3.34. The fraction of sp³-hybridized carbons (Fsp3) is 0.667. The second-order valence-corrected chi connectivity index (χ2v) is 3.64. The van der Waals surface area contributed by atoms with Crippen molar-refractivity contribution in [2.24, 2.45) is 0 Å². The molecule has 0 radical (unpaired) electrons. The van der Waals surface area contributed by atoms with Gasteiger partial charge < -0.3 is 5.73 Å². The maximum absolute atomic E-state index is 5.31. The van der Waals surface area contributed by atoms with Crippen molar-refractivity contribution in [2.75, 3.05) is 5.73 Å². The van der Waals surface area contributed by atoms with Crippen molar-refractivity contribution < 1.29 is 0 Å². The first-order valence-electron chi connectivity index (χ1n) is 5.74. The number of hydrogen-bond donors (Lipinski definition) is 1. The third-order valence-electron chi connectivity index (χ3n) is 2.03. The topological polar surface area (TPSA) is 51.8 Å². The van der Waals surface area contributed by atoms with Crippen molar-refractivity contribution >= 4 is 5.82 Å². The molecule has 0 aliphatic carbocycles. The van der Waals surface area contributed by atoms with Crippen LogP contribution in [-0.4, -0.2) is 9.97 Å². The maximum Gasteiger partial charge on any atom is 0.126 e. The molecule has 0 aromatic carbocycles. The van der Waals surface area contributed by atoms with Crippen LogP contribution in [0.1, 0.15) is 51.6 Å². The van der Waals surface area contributed by atoms with Crippen molar-refractivity contribution in [3.8, 4) is 0 Å². The van der Waals surface area contributed by atoms with E-state index in [0.29, 0.717) is 5.82 Å². The number of aryl methyl sites for hydroxylation is 1. The largest absolute Gasteiger partial charge is 0.384 e. The summed E-state index contributed by atoms with van der Waals surface area (Å²) in [5, 5.41) is 0. The summed E-state index contributed by atoms with van der Waals surface area (Å²) in [4.78, 5) is 7.56. The lowest BCUT2D eigenvalue weighted by Crippen LogP contribution is -1.90. The number of nitrogen functional groups attached to an aromatic ring is 1. The van der Waals surface area contributed by atoms with Gasteiger partial charge in [0.2, 0.25) is 0 Å². The highest BCUT2D eigenvalue weighted by molar-refractivity contribution is 5.26. The van der Waals surface area contributed by atoms with Gasteiger partial charge in [-0.05, 0) is 6.92 Å². The minimum atomic E-state index is 0.525. The number of rotatable bonds is 4. The minimum absolute atomic E-state index is 0.525. The van der Waals surface area contributed by atoms with Crippen molar-refractivity contribution in [3.05, 3.63) is 18.1 Å². The fourth-order valence-corrected chi connectivity index (χ4v) is 1.15. The van der Waals surface area contributed by atoms with Gasteiger partial charge in [0.05, 0.1) is 0 Å². The summed E-state index contributed by atoms with van der Waals surface area (Å²) in [5.41, 5.74) is 6.21. The number of hydrogen-bond acceptors (Lipinski definition) is 3. The molecule has 0 fully saturated rings. The second-order valence-electron chi connectivity index (χ2n) is 3.64. The van der Waals surface area contributed by atoms with Gasteiger partial charge in [-0.3, -0.25) is 0 Å². The third-order valence-corrected chi connectivity index (χ3v) is 2.03. The zero-order valence-corrected chi connectivity index (χ0v) is 10.2. The molecule has 0 atom stereocenters. The van der Waals surface area contributed by atoms with E-state index >= 15 is 0 Å². The number of nitrogens with zero attached hydrogens (tertiary/aromatic N) is 2. The van der Waals surface area contributed by atoms with Gasteiger partial charge >= 0.3 is 0 Å². The Labute approximate surface area is 93.1 Å². The highest BCUT2D eigenvalue weighted by atomic mass is 14.9. The zero-order chi connectivity index (χ0) is 11.5. The maximum atomic E-state index is 5.31. The van der Waals surface area contributed by atoms with Crippen molar-refractivity contribution in [1.82, 2.24) is 9.97 Å². The minimum Gasteiger partial charge on any atom is -0.384 e. The van der Waals surface area contributed by atoms with Crippen LogP contribution in [0.2, 0.25) is 0 Å². The Morgan fingerprint density at radius 2 is 1.67 bits per heavy atom. The first kappa shape index (κ1) is 13.9. The van der Waals surface area contributed by atoms with Gasteiger partial charge in [-0.25, -0.2) is 9.97 Å². The van der Waals surface area contributed by atoms with E-state index < -0.39 is 0 Å². The number of aromatic nitrogens is 2. The standard InChI is InChI=1S/C7H16.C5H7N3/c1-3-5-7-6-4-2;1-4-2-5(6)8-3-7-4/h3-7H2,1-2H3;2-3H,1H3,(H2,6,7,8). The Balaban J connectivity index is 0.000000265. The van der Waals surface area contributed by atoms with E-state index in [1.807, 2.05) is 6.92 Å². The normalized spacial score (nSPS) is 9.27. The Morgan fingerprint density at radius 1 is 1.07 bits per heavy atom. The lowest BCUT2D eigenvalue weighted by molar-refractivity contribution is 0.656. The summed E-state index contributed by atoms with van der Waals surface area (Å²) in [6.07, 6.45) is 8.46. The molecule has 0 spiro atoms. The lowest BCUT2D eigenvalue weighted by atomic mass is 10.2. The lowest BCUT2D eigenvalue weighted by Gasteiger charge is -1.90. The highest BCUT2D eigenvalue weighted by Crippen LogP contribution is 2.00. The van der Waals surface area contributed by atoms with Crippen molar-refractivity contribution in [3.63, 3.8) is 0 Å². The van der Waals surface area contributed by atoms with Gasteiger partial charge in [0.25, 0.3) is 0 Å². The molecule has 3 nitrogen and oxygen atoms in total. The van der Waals surface area contributed by atoms with E-state index in [1.54, 1.807) is 6.07 Å². The Bertz CT molecular complexity index is 227. The van der Waals surface area contributed by atoms with E-state index in [1.165, 1.54) is 38.4 Å². The summed E-state index contributed by atoms with van der Waals surface area (Å²) in [6, 6.07) is 1.72. The van der Waals surface area contributed by atoms with Gasteiger partial charge in [-0.15, -0.1) is 0 Å². The summed E-state index contributed by atoms with van der Waals surface area (Å²) < 4.78 is 0. The van der Waals surface area contributed by atoms with Crippen LogP contribution >= 0.6 is 0 Å². The third kappa shape index (κ3) is 9.19. The number of anilines is 1. The molecule has 1 aromatic heterocycles. The van der Waals surface area contributed by atoms with Gasteiger partial charge in [-0.1, -0.05) is 46.0 Å². The van der Waals surface area contributed by atoms with Crippen LogP contribution in [0.15, 0.2) is 12.4 Å². The predicted molar refractivity (Wildman–Crippen MR) is 65.6 cm³/mol. The van der Waals surface area contributed by atoms with Crippen LogP contribution < -0.4 is 5.73 Å². The molecule has 1 aromatic rings. The fourth-order valence-electron chi connectivity index (χ4n) is 1.15. The van der Waals surface area contributed by atoms with Crippen molar-refractivity contribution in [2.45, 2.75) is 52.9 Å². The van der Waals surface area contributed by atoms with Gasteiger partial charge in [-0.2, -0.15) is 0 Å². The molecule has 0 saturated heterocycles. The zero-order valence-electron chi connectivity index (χ0n) is 10.2. The molecule has 86 valence electrons. The van der Waals surface area contributed by atoms with Crippen LogP contribution in [0.3, 0.4) is 0 Å². The molecule has 0 amide bonds. The molecular formula is C12H23N3. The summed E-state index contributed by atoms with van der Waals surface area (Å²) in [5.74, 6) is 0.525. The van der Waals surface area contributed by atoms with Gasteiger partial charge in [0.15, 0.2) is 0 Å². The van der Waals surface area contributed by atoms with E-state index in [2.05, 4.69) is 23.8 Å². The van der Waals surface area contributed by atoms with Gasteiger partial charge in [0.1, 0.15) is 12.1 Å². The quantitative estimate of drug-likeness (QED) is 0.774. The Kier molecular flexibility index (Phi) is 8.73. The van der Waals surface area contributed by atoms with Crippen LogP contribution in [0.5, 0.6) is 0 Å². The SMILES string of the molecule is CCCCCCC.Cc1cc(N)ncn1. The number of unbranched alkanes of at least 4 members (excludes halogenated alkanes) is 4. The highest BCUT2D eigenvalue weighted by Gasteiger charge is 1.84. The van der Waals surface area contributed by atoms with E-state index in [-0.39, 0.29) is 0 Å². The molecular weight excluding hydrogens is 186 g/mol. The van der Waals surface area contributed by atoms with Crippen LogP contribution in [0.25, 0.3) is 0 Å². The molecule has 0 bridgehead atoms. The molecule has 3 heteroatoms. The second kappa shape index (κ2) is 9.44. The average molecular weight is 209 g/mol. The van der Waals surface area contributed by atoms with E-state index in [9.17, 15) is 0 Å². The summed E-state index contributed by atoms with van der Waals surface area (Å²) in [7, 11) is 0. The van der Waals surface area contributed by atoms with Crippen molar-refractivity contribution in [1.29, 1.82) is 0 Å². The molecule has 1 heterocycles.